The molecule has 3 rings (SSSR count). The first kappa shape index (κ1) is 19.4. The topological polar surface area (TPSA) is 65.4 Å². The second-order valence-electron chi connectivity index (χ2n) is 6.15. The number of methoxy groups -OCH3 is 1. The molecular weight excluding hydrogens is 361 g/mol. The molecule has 0 saturated heterocycles. The third kappa shape index (κ3) is 4.68. The maximum Gasteiger partial charge on any atom is 0.275 e. The van der Waals surface area contributed by atoms with Gasteiger partial charge in [0, 0.05) is 6.54 Å². The van der Waals surface area contributed by atoms with Crippen LogP contribution in [-0.4, -0.2) is 29.4 Å². The van der Waals surface area contributed by atoms with E-state index in [2.05, 4.69) is 10.4 Å². The van der Waals surface area contributed by atoms with Crippen LogP contribution in [0.2, 0.25) is 0 Å². The first-order valence-electron chi connectivity index (χ1n) is 9.00. The Kier molecular flexibility index (Phi) is 6.26. The fraction of sp³-hybridized carbons (Fsp3) is 0.238. The molecule has 0 radical (unpaired) electrons. The lowest BCUT2D eigenvalue weighted by molar-refractivity contribution is 0.0941. The highest BCUT2D eigenvalue weighted by Gasteiger charge is 2.19. The van der Waals surface area contributed by atoms with Crippen molar-refractivity contribution in [3.63, 3.8) is 0 Å². The highest BCUT2D eigenvalue weighted by Crippen LogP contribution is 2.21. The normalized spacial score (nSPS) is 10.5. The van der Waals surface area contributed by atoms with Gasteiger partial charge in [-0.15, -0.1) is 0 Å². The molecule has 2 aromatic carbocycles. The molecule has 146 valence electrons. The Hall–Kier alpha value is -3.35. The first-order chi connectivity index (χ1) is 13.6. The van der Waals surface area contributed by atoms with Gasteiger partial charge in [-0.3, -0.25) is 4.79 Å². The number of hydrogen-bond donors (Lipinski definition) is 1. The summed E-state index contributed by atoms with van der Waals surface area (Å²) in [4.78, 5) is 12.7. The van der Waals surface area contributed by atoms with Gasteiger partial charge in [0.1, 0.15) is 11.6 Å². The van der Waals surface area contributed by atoms with Crippen LogP contribution in [0.15, 0.2) is 54.7 Å². The van der Waals surface area contributed by atoms with Crippen molar-refractivity contribution in [3.8, 4) is 17.2 Å². The minimum atomic E-state index is -0.352. The summed E-state index contributed by atoms with van der Waals surface area (Å²) < 4.78 is 25.6. The van der Waals surface area contributed by atoms with Gasteiger partial charge in [0.2, 0.25) is 0 Å². The summed E-state index contributed by atoms with van der Waals surface area (Å²) in [5.74, 6) is 0.415. The number of rotatable bonds is 8. The minimum Gasteiger partial charge on any atom is -0.497 e. The van der Waals surface area contributed by atoms with Crippen LogP contribution in [0.1, 0.15) is 29.4 Å². The number of nitrogens with zero attached hydrogens (tertiary/aromatic N) is 2. The van der Waals surface area contributed by atoms with Gasteiger partial charge in [-0.1, -0.05) is 19.1 Å². The zero-order valence-corrected chi connectivity index (χ0v) is 15.8. The molecule has 0 aliphatic heterocycles. The van der Waals surface area contributed by atoms with Gasteiger partial charge >= 0.3 is 0 Å². The van der Waals surface area contributed by atoms with Crippen LogP contribution in [-0.2, 0) is 6.54 Å². The molecule has 7 heteroatoms. The van der Waals surface area contributed by atoms with Crippen molar-refractivity contribution in [2.24, 2.45) is 0 Å². The van der Waals surface area contributed by atoms with E-state index in [0.29, 0.717) is 24.6 Å². The number of carbonyl (C=O) groups is 1. The van der Waals surface area contributed by atoms with Gasteiger partial charge in [0.05, 0.1) is 25.6 Å². The second kappa shape index (κ2) is 9.03. The fourth-order valence-electron chi connectivity index (χ4n) is 2.61. The van der Waals surface area contributed by atoms with Gasteiger partial charge < -0.3 is 14.8 Å². The Bertz CT molecular complexity index is 938. The Labute approximate surface area is 162 Å². The lowest BCUT2D eigenvalue weighted by atomic mass is 10.2. The smallest absolute Gasteiger partial charge is 0.275 e. The monoisotopic (exact) mass is 383 g/mol. The van der Waals surface area contributed by atoms with Crippen molar-refractivity contribution in [3.05, 3.63) is 71.8 Å². The fourth-order valence-corrected chi connectivity index (χ4v) is 2.61. The van der Waals surface area contributed by atoms with Gasteiger partial charge in [-0.05, 0) is 48.4 Å². The van der Waals surface area contributed by atoms with Gasteiger partial charge in [-0.2, -0.15) is 5.10 Å². The van der Waals surface area contributed by atoms with Gasteiger partial charge in [0.15, 0.2) is 11.4 Å². The molecule has 0 bridgehead atoms. The average Bonchev–Trinajstić information content (AvgIpc) is 3.15. The molecular formula is C21H22FN3O3. The number of amides is 1. The van der Waals surface area contributed by atoms with Crippen molar-refractivity contribution in [1.82, 2.24) is 15.1 Å². The molecule has 1 aromatic heterocycles. The molecule has 0 unspecified atom stereocenters. The van der Waals surface area contributed by atoms with Gasteiger partial charge in [0.25, 0.3) is 5.91 Å². The summed E-state index contributed by atoms with van der Waals surface area (Å²) >= 11 is 0. The lowest BCUT2D eigenvalue weighted by Gasteiger charge is -2.07. The van der Waals surface area contributed by atoms with Gasteiger partial charge in [-0.25, -0.2) is 9.07 Å². The lowest BCUT2D eigenvalue weighted by Crippen LogP contribution is -2.24. The maximum absolute atomic E-state index is 13.2. The van der Waals surface area contributed by atoms with Crippen LogP contribution in [0.4, 0.5) is 4.39 Å². The summed E-state index contributed by atoms with van der Waals surface area (Å²) in [7, 11) is 1.59. The third-order valence-electron chi connectivity index (χ3n) is 4.04. The van der Waals surface area contributed by atoms with E-state index < -0.39 is 0 Å². The molecule has 1 heterocycles. The second-order valence-corrected chi connectivity index (χ2v) is 6.15. The summed E-state index contributed by atoms with van der Waals surface area (Å²) in [5, 5.41) is 7.19. The van der Waals surface area contributed by atoms with Crippen LogP contribution in [0, 0.1) is 5.82 Å². The van der Waals surface area contributed by atoms with Crippen molar-refractivity contribution in [2.75, 3.05) is 13.7 Å². The van der Waals surface area contributed by atoms with E-state index in [1.807, 2.05) is 31.2 Å². The van der Waals surface area contributed by atoms with Crippen molar-refractivity contribution < 1.29 is 18.7 Å². The zero-order valence-electron chi connectivity index (χ0n) is 15.8. The predicted molar refractivity (Wildman–Crippen MR) is 103 cm³/mol. The molecule has 3 aromatic rings. The van der Waals surface area contributed by atoms with Crippen molar-refractivity contribution >= 4 is 5.91 Å². The standard InChI is InChI=1S/C21H22FN3O3/c1-3-11-28-19-14-25(17-9-7-16(22)8-10-17)24-20(19)21(26)23-13-15-5-4-6-18(12-15)27-2/h4-10,12,14H,3,11,13H2,1-2H3,(H,23,26). The minimum absolute atomic E-state index is 0.181. The number of hydrogen-bond acceptors (Lipinski definition) is 4. The highest BCUT2D eigenvalue weighted by molar-refractivity contribution is 5.94. The van der Waals surface area contributed by atoms with Crippen LogP contribution in [0.5, 0.6) is 11.5 Å². The zero-order chi connectivity index (χ0) is 19.9. The molecule has 0 saturated carbocycles. The quantitative estimate of drug-likeness (QED) is 0.644. The Morgan fingerprint density at radius 3 is 2.71 bits per heavy atom. The Morgan fingerprint density at radius 2 is 2.00 bits per heavy atom. The van der Waals surface area contributed by atoms with E-state index >= 15 is 0 Å². The summed E-state index contributed by atoms with van der Waals surface area (Å²) in [6.07, 6.45) is 2.43. The molecule has 0 aliphatic rings. The summed E-state index contributed by atoms with van der Waals surface area (Å²) in [6, 6.07) is 13.3. The number of nitrogens with one attached hydrogen (secondary N) is 1. The molecule has 28 heavy (non-hydrogen) atoms. The molecule has 0 aliphatic carbocycles. The van der Waals surface area contributed by atoms with E-state index in [0.717, 1.165) is 17.7 Å². The Morgan fingerprint density at radius 1 is 1.21 bits per heavy atom. The number of benzene rings is 2. The number of ether oxygens (including phenoxy) is 2. The maximum atomic E-state index is 13.2. The SMILES string of the molecule is CCCOc1cn(-c2ccc(F)cc2)nc1C(=O)NCc1cccc(OC)c1. The van der Waals surface area contributed by atoms with E-state index in [9.17, 15) is 9.18 Å². The molecule has 0 spiro atoms. The number of carbonyl (C=O) groups excluding carboxylic acids is 1. The van der Waals surface area contributed by atoms with E-state index in [4.69, 9.17) is 9.47 Å². The molecule has 0 atom stereocenters. The molecule has 1 amide bonds. The van der Waals surface area contributed by atoms with E-state index in [1.165, 1.54) is 16.8 Å². The third-order valence-corrected chi connectivity index (χ3v) is 4.04. The number of aromatic nitrogens is 2. The molecule has 6 nitrogen and oxygen atoms in total. The summed E-state index contributed by atoms with van der Waals surface area (Å²) in [6.45, 7) is 2.77. The molecule has 1 N–H and O–H groups in total. The Balaban J connectivity index is 1.79. The van der Waals surface area contributed by atoms with E-state index in [1.54, 1.807) is 25.4 Å². The highest BCUT2D eigenvalue weighted by atomic mass is 19.1. The predicted octanol–water partition coefficient (Wildman–Crippen LogP) is 3.74. The molecule has 0 fully saturated rings. The van der Waals surface area contributed by atoms with Crippen LogP contribution < -0.4 is 14.8 Å². The number of halogens is 1. The van der Waals surface area contributed by atoms with Crippen LogP contribution in [0.3, 0.4) is 0 Å². The van der Waals surface area contributed by atoms with Crippen molar-refractivity contribution in [2.45, 2.75) is 19.9 Å². The first-order valence-corrected chi connectivity index (χ1v) is 9.00. The summed E-state index contributed by atoms with van der Waals surface area (Å²) in [5.41, 5.74) is 1.72. The van der Waals surface area contributed by atoms with Crippen LogP contribution in [0.25, 0.3) is 5.69 Å². The van der Waals surface area contributed by atoms with E-state index in [-0.39, 0.29) is 17.4 Å². The van der Waals surface area contributed by atoms with Crippen LogP contribution >= 0.6 is 0 Å². The largest absolute Gasteiger partial charge is 0.497 e. The average molecular weight is 383 g/mol. The van der Waals surface area contributed by atoms with Crippen molar-refractivity contribution in [1.29, 1.82) is 0 Å².